The summed E-state index contributed by atoms with van der Waals surface area (Å²) in [7, 11) is 0. The zero-order valence-corrected chi connectivity index (χ0v) is 32.2. The third-order valence-electron chi connectivity index (χ3n) is 5.06. The van der Waals surface area contributed by atoms with E-state index in [2.05, 4.69) is 79.6 Å². The highest BCUT2D eigenvalue weighted by Crippen LogP contribution is 2.36. The van der Waals surface area contributed by atoms with Gasteiger partial charge in [-0.3, -0.25) is 28.7 Å². The molecule has 1 aliphatic rings. The van der Waals surface area contributed by atoms with Gasteiger partial charge in [-0.25, -0.2) is 0 Å². The van der Waals surface area contributed by atoms with E-state index in [1.54, 1.807) is 0 Å². The van der Waals surface area contributed by atoms with Gasteiger partial charge in [0.2, 0.25) is 24.8 Å². The molecule has 1 heterocycles. The van der Waals surface area contributed by atoms with E-state index in [1.807, 2.05) is 0 Å². The molecule has 11 nitrogen and oxygen atoms in total. The zero-order chi connectivity index (χ0) is 32.5. The lowest BCUT2D eigenvalue weighted by Gasteiger charge is -2.45. The average Bonchev–Trinajstić information content (AvgIpc) is 2.74. The lowest BCUT2D eigenvalue weighted by Crippen LogP contribution is -2.65. The average molecular weight is 911 g/mol. The Morgan fingerprint density at radius 3 is 0.829 bits per heavy atom. The van der Waals surface area contributed by atoms with E-state index >= 15 is 0 Å². The fourth-order valence-corrected chi connectivity index (χ4v) is 3.10. The third-order valence-corrected chi connectivity index (χ3v) is 6.67. The standard InChI is InChI=1S/C25H35Br5O11/c1-21(2,26)16(31)36-11-12(37-17(32)22(3,4)27)14(40-19(34)24(7,8)29)39-15(41-20(35)25(9,10)30)13(11)38-18(33)23(5,6)28/h11-15H,1-10H3. The molecule has 0 aromatic carbocycles. The molecule has 4 unspecified atom stereocenters. The van der Waals surface area contributed by atoms with Gasteiger partial charge in [0, 0.05) is 0 Å². The van der Waals surface area contributed by atoms with Crippen molar-refractivity contribution in [3.8, 4) is 0 Å². The predicted molar refractivity (Wildman–Crippen MR) is 166 cm³/mol. The van der Waals surface area contributed by atoms with Crippen molar-refractivity contribution in [2.24, 2.45) is 0 Å². The van der Waals surface area contributed by atoms with Crippen molar-refractivity contribution in [2.75, 3.05) is 0 Å². The lowest BCUT2D eigenvalue weighted by atomic mass is 10.0. The van der Waals surface area contributed by atoms with Crippen LogP contribution < -0.4 is 0 Å². The zero-order valence-electron chi connectivity index (χ0n) is 24.3. The molecule has 0 bridgehead atoms. The highest BCUT2D eigenvalue weighted by atomic mass is 79.9. The monoisotopic (exact) mass is 906 g/mol. The molecule has 4 atom stereocenters. The van der Waals surface area contributed by atoms with Crippen molar-refractivity contribution in [3.05, 3.63) is 0 Å². The van der Waals surface area contributed by atoms with Crippen LogP contribution in [0, 0.1) is 0 Å². The molecule has 0 aliphatic carbocycles. The minimum atomic E-state index is -1.78. The van der Waals surface area contributed by atoms with Crippen LogP contribution in [0.1, 0.15) is 69.2 Å². The van der Waals surface area contributed by atoms with Gasteiger partial charge in [0.05, 0.1) is 0 Å². The predicted octanol–water partition coefficient (Wildman–Crippen LogP) is 5.36. The molecule has 0 saturated carbocycles. The Morgan fingerprint density at radius 1 is 0.415 bits per heavy atom. The van der Waals surface area contributed by atoms with Crippen LogP contribution >= 0.6 is 79.6 Å². The van der Waals surface area contributed by atoms with Crippen LogP contribution in [-0.4, -0.2) is 82.4 Å². The van der Waals surface area contributed by atoms with E-state index in [9.17, 15) is 24.0 Å². The maximum Gasteiger partial charge on any atom is 0.324 e. The molecule has 16 heteroatoms. The van der Waals surface area contributed by atoms with Gasteiger partial charge in [0.15, 0.2) is 6.10 Å². The molecule has 0 aromatic rings. The van der Waals surface area contributed by atoms with Gasteiger partial charge in [0.1, 0.15) is 21.6 Å². The van der Waals surface area contributed by atoms with E-state index in [0.717, 1.165) is 0 Å². The Labute approximate surface area is 281 Å². The number of halogens is 5. The number of esters is 5. The van der Waals surface area contributed by atoms with E-state index < -0.39 is 82.4 Å². The molecule has 1 fully saturated rings. The molecule has 0 radical (unpaired) electrons. The highest BCUT2D eigenvalue weighted by molar-refractivity contribution is 9.11. The molecule has 0 spiro atoms. The van der Waals surface area contributed by atoms with Crippen LogP contribution in [0.3, 0.4) is 0 Å². The van der Waals surface area contributed by atoms with Crippen molar-refractivity contribution in [3.63, 3.8) is 0 Å². The van der Waals surface area contributed by atoms with E-state index in [0.29, 0.717) is 0 Å². The summed E-state index contributed by atoms with van der Waals surface area (Å²) in [5.74, 6) is -4.27. The molecule has 0 aromatic heterocycles. The number of carbonyl (C=O) groups is 5. The minimum Gasteiger partial charge on any atom is -0.453 e. The van der Waals surface area contributed by atoms with Gasteiger partial charge in [-0.15, -0.1) is 0 Å². The van der Waals surface area contributed by atoms with Crippen LogP contribution in [-0.2, 0) is 52.4 Å². The summed E-state index contributed by atoms with van der Waals surface area (Å²) in [5, 5.41) is 0. The fraction of sp³-hybridized carbons (Fsp3) is 0.800. The summed E-state index contributed by atoms with van der Waals surface area (Å²) in [6.45, 7) is 15.0. The summed E-state index contributed by atoms with van der Waals surface area (Å²) < 4.78 is 27.8. The first-order valence-corrected chi connectivity index (χ1v) is 16.2. The largest absolute Gasteiger partial charge is 0.453 e. The third kappa shape index (κ3) is 11.6. The van der Waals surface area contributed by atoms with Crippen molar-refractivity contribution in [1.29, 1.82) is 0 Å². The molecular formula is C25H35Br5O11. The van der Waals surface area contributed by atoms with Crippen molar-refractivity contribution < 1.29 is 52.4 Å². The van der Waals surface area contributed by atoms with Gasteiger partial charge in [0.25, 0.3) is 0 Å². The first-order chi connectivity index (χ1) is 18.1. The molecular weight excluding hydrogens is 876 g/mol. The van der Waals surface area contributed by atoms with E-state index in [4.69, 9.17) is 28.4 Å². The first-order valence-electron chi connectivity index (χ1n) is 12.2. The number of ether oxygens (including phenoxy) is 6. The van der Waals surface area contributed by atoms with Crippen molar-refractivity contribution >= 4 is 109 Å². The van der Waals surface area contributed by atoms with Crippen LogP contribution in [0.4, 0.5) is 0 Å². The number of carbonyl (C=O) groups excluding carboxylic acids is 5. The fourth-order valence-electron chi connectivity index (χ4n) is 2.64. The van der Waals surface area contributed by atoms with Crippen molar-refractivity contribution in [1.82, 2.24) is 0 Å². The molecule has 41 heavy (non-hydrogen) atoms. The Balaban J connectivity index is 3.87. The highest BCUT2D eigenvalue weighted by Gasteiger charge is 2.58. The van der Waals surface area contributed by atoms with E-state index in [-0.39, 0.29) is 0 Å². The van der Waals surface area contributed by atoms with Gasteiger partial charge in [-0.05, 0) is 69.2 Å². The van der Waals surface area contributed by atoms with Crippen LogP contribution in [0.2, 0.25) is 0 Å². The second kappa shape index (κ2) is 13.8. The molecule has 1 saturated heterocycles. The van der Waals surface area contributed by atoms with E-state index in [1.165, 1.54) is 69.2 Å². The lowest BCUT2D eigenvalue weighted by molar-refractivity contribution is -0.338. The van der Waals surface area contributed by atoms with Crippen LogP contribution in [0.5, 0.6) is 0 Å². The van der Waals surface area contributed by atoms with Gasteiger partial charge in [-0.1, -0.05) is 79.6 Å². The van der Waals surface area contributed by atoms with Crippen LogP contribution in [0.15, 0.2) is 0 Å². The summed E-state index contributed by atoms with van der Waals surface area (Å²) in [5.41, 5.74) is 0. The normalized spacial score (nSPS) is 24.1. The number of hydrogen-bond acceptors (Lipinski definition) is 11. The number of alkyl halides is 5. The summed E-state index contributed by atoms with van der Waals surface area (Å²) in [6, 6.07) is 0. The summed E-state index contributed by atoms with van der Waals surface area (Å²) in [6.07, 6.45) is -8.60. The van der Waals surface area contributed by atoms with Gasteiger partial charge >= 0.3 is 29.8 Å². The molecule has 1 rings (SSSR count). The Hall–Kier alpha value is -0.290. The van der Waals surface area contributed by atoms with Gasteiger partial charge in [-0.2, -0.15) is 0 Å². The molecule has 236 valence electrons. The smallest absolute Gasteiger partial charge is 0.324 e. The number of rotatable bonds is 10. The second-order valence-corrected chi connectivity index (χ2v) is 21.6. The quantitative estimate of drug-likeness (QED) is 0.159. The SMILES string of the molecule is CC(C)(Br)C(=O)OC1OC(OC(=O)C(C)(C)Br)C(OC(=O)C(C)(C)Br)C(OC(=O)C(C)(C)Br)C1OC(=O)C(C)(C)Br. The maximum absolute atomic E-state index is 13.1. The Morgan fingerprint density at radius 2 is 0.610 bits per heavy atom. The minimum absolute atomic E-state index is 0.851. The molecule has 0 N–H and O–H groups in total. The second-order valence-electron chi connectivity index (χ2n) is 11.7. The Kier molecular flexibility index (Phi) is 13.0. The topological polar surface area (TPSA) is 141 Å². The van der Waals surface area contributed by atoms with Crippen LogP contribution in [0.25, 0.3) is 0 Å². The number of hydrogen-bond donors (Lipinski definition) is 0. The summed E-state index contributed by atoms with van der Waals surface area (Å²) in [4.78, 5) is 65.0. The molecule has 1 aliphatic heterocycles. The maximum atomic E-state index is 13.1. The first kappa shape index (κ1) is 38.7. The Bertz CT molecular complexity index is 947. The van der Waals surface area contributed by atoms with Gasteiger partial charge < -0.3 is 23.7 Å². The molecule has 0 amide bonds. The summed E-state index contributed by atoms with van der Waals surface area (Å²) >= 11 is 16.0. The van der Waals surface area contributed by atoms with Crippen molar-refractivity contribution in [2.45, 2.75) is 122 Å².